The number of ether oxygens (including phenoxy) is 1. The fourth-order valence-electron chi connectivity index (χ4n) is 3.75. The molecule has 25 heavy (non-hydrogen) atoms. The summed E-state index contributed by atoms with van der Waals surface area (Å²) in [5.41, 5.74) is 5.72. The number of hydrogen-bond acceptors (Lipinski definition) is 1. The molecule has 0 amide bonds. The summed E-state index contributed by atoms with van der Waals surface area (Å²) >= 11 is 0. The van der Waals surface area contributed by atoms with Crippen LogP contribution in [0.4, 0.5) is 0 Å². The molecule has 0 saturated heterocycles. The van der Waals surface area contributed by atoms with E-state index < -0.39 is 0 Å². The Kier molecular flexibility index (Phi) is 6.33. The average Bonchev–Trinajstić information content (AvgIpc) is 2.66. The van der Waals surface area contributed by atoms with Crippen LogP contribution in [0.15, 0.2) is 55.1 Å². The molecule has 0 fully saturated rings. The van der Waals surface area contributed by atoms with Crippen molar-refractivity contribution in [2.75, 3.05) is 6.61 Å². The molecule has 0 heterocycles. The van der Waals surface area contributed by atoms with Gasteiger partial charge in [-0.05, 0) is 66.0 Å². The van der Waals surface area contributed by atoms with Crippen molar-refractivity contribution < 1.29 is 4.74 Å². The quantitative estimate of drug-likeness (QED) is 0.390. The number of unbranched alkanes of at least 4 members (excludes halogenated alkanes) is 1. The van der Waals surface area contributed by atoms with Crippen molar-refractivity contribution in [1.82, 2.24) is 0 Å². The van der Waals surface area contributed by atoms with Gasteiger partial charge in [0.15, 0.2) is 0 Å². The molecule has 1 heteroatoms. The highest BCUT2D eigenvalue weighted by Crippen LogP contribution is 2.32. The molecule has 0 spiro atoms. The molecular weight excluding hydrogens is 304 g/mol. The normalized spacial score (nSPS) is 16.3. The second kappa shape index (κ2) is 8.89. The molecule has 1 unspecified atom stereocenters. The summed E-state index contributed by atoms with van der Waals surface area (Å²) in [4.78, 5) is 0. The molecule has 0 N–H and O–H groups in total. The van der Waals surface area contributed by atoms with E-state index in [-0.39, 0.29) is 0 Å². The van der Waals surface area contributed by atoms with Crippen LogP contribution in [0.3, 0.4) is 0 Å². The minimum Gasteiger partial charge on any atom is -0.493 e. The van der Waals surface area contributed by atoms with Crippen molar-refractivity contribution in [2.45, 2.75) is 51.9 Å². The van der Waals surface area contributed by atoms with Crippen LogP contribution in [0.1, 0.15) is 50.2 Å². The van der Waals surface area contributed by atoms with Crippen LogP contribution in [0, 0.1) is 5.92 Å². The van der Waals surface area contributed by atoms with Crippen molar-refractivity contribution in [1.29, 1.82) is 0 Å². The van der Waals surface area contributed by atoms with Gasteiger partial charge in [-0.1, -0.05) is 62.6 Å². The predicted octanol–water partition coefficient (Wildman–Crippen LogP) is 6.60. The molecule has 0 saturated carbocycles. The topological polar surface area (TPSA) is 9.23 Å². The van der Waals surface area contributed by atoms with Gasteiger partial charge in [0.05, 0.1) is 6.61 Å². The molecule has 3 rings (SSSR count). The van der Waals surface area contributed by atoms with E-state index in [1.807, 2.05) is 6.08 Å². The first-order valence-corrected chi connectivity index (χ1v) is 9.76. The SMILES string of the molecule is C=CCCOc1ccc(-c2ccc3c(c2)CCC(CCCC)C3)cc1. The van der Waals surface area contributed by atoms with Gasteiger partial charge in [-0.2, -0.15) is 0 Å². The standard InChI is InChI=1S/C24H30O/c1-3-5-7-19-8-9-23-18-22(11-10-21(23)17-19)20-12-14-24(15-13-20)25-16-6-4-2/h4,10-15,18-19H,2-3,5-9,16-17H2,1H3. The molecule has 0 aromatic heterocycles. The van der Waals surface area contributed by atoms with Crippen LogP contribution in [0.5, 0.6) is 5.75 Å². The summed E-state index contributed by atoms with van der Waals surface area (Å²) in [5, 5.41) is 0. The molecule has 1 atom stereocenters. The van der Waals surface area contributed by atoms with Gasteiger partial charge in [-0.3, -0.25) is 0 Å². The second-order valence-electron chi connectivity index (χ2n) is 7.18. The molecule has 1 aliphatic carbocycles. The zero-order valence-electron chi connectivity index (χ0n) is 15.5. The summed E-state index contributed by atoms with van der Waals surface area (Å²) in [7, 11) is 0. The Balaban J connectivity index is 1.67. The van der Waals surface area contributed by atoms with Crippen molar-refractivity contribution in [3.63, 3.8) is 0 Å². The largest absolute Gasteiger partial charge is 0.493 e. The zero-order valence-corrected chi connectivity index (χ0v) is 15.5. The van der Waals surface area contributed by atoms with Gasteiger partial charge in [-0.25, -0.2) is 0 Å². The Morgan fingerprint density at radius 3 is 2.64 bits per heavy atom. The highest BCUT2D eigenvalue weighted by molar-refractivity contribution is 5.65. The first-order valence-electron chi connectivity index (χ1n) is 9.76. The van der Waals surface area contributed by atoms with Gasteiger partial charge in [0.2, 0.25) is 0 Å². The average molecular weight is 335 g/mol. The molecular formula is C24H30O. The molecule has 0 bridgehead atoms. The van der Waals surface area contributed by atoms with E-state index in [0.717, 1.165) is 18.1 Å². The molecule has 2 aromatic carbocycles. The third-order valence-corrected chi connectivity index (χ3v) is 5.28. The van der Waals surface area contributed by atoms with Gasteiger partial charge >= 0.3 is 0 Å². The summed E-state index contributed by atoms with van der Waals surface area (Å²) in [6, 6.07) is 15.5. The minimum absolute atomic E-state index is 0.695. The Morgan fingerprint density at radius 1 is 1.08 bits per heavy atom. The van der Waals surface area contributed by atoms with Gasteiger partial charge < -0.3 is 4.74 Å². The highest BCUT2D eigenvalue weighted by Gasteiger charge is 2.18. The lowest BCUT2D eigenvalue weighted by Gasteiger charge is -2.25. The molecule has 132 valence electrons. The smallest absolute Gasteiger partial charge is 0.119 e. The molecule has 2 aromatic rings. The second-order valence-corrected chi connectivity index (χ2v) is 7.18. The fraction of sp³-hybridized carbons (Fsp3) is 0.417. The number of aryl methyl sites for hydroxylation is 1. The maximum atomic E-state index is 5.70. The monoisotopic (exact) mass is 334 g/mol. The van der Waals surface area contributed by atoms with Crippen LogP contribution in [-0.4, -0.2) is 6.61 Å². The number of benzene rings is 2. The Labute approximate surface area is 152 Å². The fourth-order valence-corrected chi connectivity index (χ4v) is 3.75. The predicted molar refractivity (Wildman–Crippen MR) is 107 cm³/mol. The van der Waals surface area contributed by atoms with E-state index in [1.165, 1.54) is 49.7 Å². The Morgan fingerprint density at radius 2 is 1.88 bits per heavy atom. The van der Waals surface area contributed by atoms with Gasteiger partial charge in [0.1, 0.15) is 5.75 Å². The minimum atomic E-state index is 0.695. The van der Waals surface area contributed by atoms with Gasteiger partial charge in [0, 0.05) is 0 Å². The molecule has 1 aliphatic rings. The summed E-state index contributed by atoms with van der Waals surface area (Å²) in [6.07, 6.45) is 10.7. The maximum Gasteiger partial charge on any atom is 0.119 e. The first kappa shape index (κ1) is 17.8. The number of hydrogen-bond donors (Lipinski definition) is 0. The highest BCUT2D eigenvalue weighted by atomic mass is 16.5. The van der Waals surface area contributed by atoms with Gasteiger partial charge in [-0.15, -0.1) is 6.58 Å². The lowest BCUT2D eigenvalue weighted by molar-refractivity contribution is 0.325. The van der Waals surface area contributed by atoms with Crippen LogP contribution >= 0.6 is 0 Å². The van der Waals surface area contributed by atoms with Crippen molar-refractivity contribution in [2.24, 2.45) is 5.92 Å². The lowest BCUT2D eigenvalue weighted by Crippen LogP contribution is -2.14. The maximum absolute atomic E-state index is 5.70. The Hall–Kier alpha value is -2.02. The van der Waals surface area contributed by atoms with Crippen LogP contribution in [-0.2, 0) is 12.8 Å². The van der Waals surface area contributed by atoms with Crippen LogP contribution in [0.2, 0.25) is 0 Å². The molecule has 0 radical (unpaired) electrons. The van der Waals surface area contributed by atoms with E-state index >= 15 is 0 Å². The zero-order chi connectivity index (χ0) is 17.5. The third kappa shape index (κ3) is 4.75. The third-order valence-electron chi connectivity index (χ3n) is 5.28. The van der Waals surface area contributed by atoms with E-state index in [2.05, 4.69) is 56.0 Å². The van der Waals surface area contributed by atoms with Crippen molar-refractivity contribution in [3.05, 3.63) is 66.2 Å². The van der Waals surface area contributed by atoms with E-state index in [9.17, 15) is 0 Å². The lowest BCUT2D eigenvalue weighted by atomic mass is 9.80. The number of fused-ring (bicyclic) bond motifs is 1. The van der Waals surface area contributed by atoms with Gasteiger partial charge in [0.25, 0.3) is 0 Å². The van der Waals surface area contributed by atoms with Crippen LogP contribution < -0.4 is 4.74 Å². The van der Waals surface area contributed by atoms with E-state index in [0.29, 0.717) is 6.61 Å². The van der Waals surface area contributed by atoms with E-state index in [4.69, 9.17) is 4.74 Å². The molecule has 0 aliphatic heterocycles. The summed E-state index contributed by atoms with van der Waals surface area (Å²) in [5.74, 6) is 1.83. The number of rotatable bonds is 8. The van der Waals surface area contributed by atoms with Crippen molar-refractivity contribution >= 4 is 0 Å². The first-order chi connectivity index (χ1) is 12.3. The van der Waals surface area contributed by atoms with Crippen LogP contribution in [0.25, 0.3) is 11.1 Å². The molecule has 1 nitrogen and oxygen atoms in total. The summed E-state index contributed by atoms with van der Waals surface area (Å²) in [6.45, 7) is 6.71. The van der Waals surface area contributed by atoms with E-state index in [1.54, 1.807) is 11.1 Å². The Bertz CT molecular complexity index is 684. The summed E-state index contributed by atoms with van der Waals surface area (Å²) < 4.78 is 5.70. The van der Waals surface area contributed by atoms with Crippen molar-refractivity contribution in [3.8, 4) is 16.9 Å².